The number of aryl methyl sites for hydroxylation is 2. The minimum atomic E-state index is 0.212. The van der Waals surface area contributed by atoms with E-state index in [0.717, 1.165) is 48.6 Å². The van der Waals surface area contributed by atoms with Crippen molar-refractivity contribution in [1.82, 2.24) is 20.3 Å². The Morgan fingerprint density at radius 3 is 3.05 bits per heavy atom. The first-order chi connectivity index (χ1) is 10.6. The molecule has 1 unspecified atom stereocenters. The highest BCUT2D eigenvalue weighted by atomic mass is 16.5. The first kappa shape index (κ1) is 14.8. The summed E-state index contributed by atoms with van der Waals surface area (Å²) < 4.78 is 5.15. The summed E-state index contributed by atoms with van der Waals surface area (Å²) in [4.78, 5) is 14.5. The van der Waals surface area contributed by atoms with Crippen molar-refractivity contribution in [3.8, 4) is 0 Å². The van der Waals surface area contributed by atoms with Crippen molar-refractivity contribution in [2.45, 2.75) is 45.4 Å². The zero-order valence-electron chi connectivity index (χ0n) is 13.1. The second-order valence-electron chi connectivity index (χ2n) is 5.99. The van der Waals surface area contributed by atoms with Crippen LogP contribution < -0.4 is 0 Å². The molecule has 118 valence electrons. The van der Waals surface area contributed by atoms with Crippen LogP contribution in [0.25, 0.3) is 0 Å². The topological polar surface area (TPSA) is 75.0 Å². The predicted molar refractivity (Wildman–Crippen MR) is 81.4 cm³/mol. The number of nitrogens with zero attached hydrogens (tertiary/aromatic N) is 3. The van der Waals surface area contributed by atoms with Gasteiger partial charge in [-0.2, -0.15) is 5.10 Å². The zero-order valence-corrected chi connectivity index (χ0v) is 13.1. The molecule has 2 aromatic rings. The van der Waals surface area contributed by atoms with Gasteiger partial charge < -0.3 is 9.42 Å². The molecule has 1 N–H and O–H groups in total. The van der Waals surface area contributed by atoms with Crippen LogP contribution in [0.5, 0.6) is 0 Å². The van der Waals surface area contributed by atoms with Crippen LogP contribution in [0.2, 0.25) is 0 Å². The van der Waals surface area contributed by atoms with Gasteiger partial charge in [-0.05, 0) is 39.2 Å². The third kappa shape index (κ3) is 3.05. The fourth-order valence-corrected chi connectivity index (χ4v) is 3.20. The van der Waals surface area contributed by atoms with Crippen LogP contribution in [0, 0.1) is 13.8 Å². The molecule has 1 aliphatic rings. The molecule has 3 rings (SSSR count). The summed E-state index contributed by atoms with van der Waals surface area (Å²) in [6.07, 6.45) is 5.13. The number of carbonyl (C=O) groups is 1. The van der Waals surface area contributed by atoms with Crippen LogP contribution in [0.1, 0.15) is 47.9 Å². The monoisotopic (exact) mass is 302 g/mol. The van der Waals surface area contributed by atoms with Gasteiger partial charge >= 0.3 is 0 Å². The van der Waals surface area contributed by atoms with E-state index in [-0.39, 0.29) is 5.91 Å². The van der Waals surface area contributed by atoms with Crippen molar-refractivity contribution in [2.24, 2.45) is 0 Å². The molecule has 1 amide bonds. The van der Waals surface area contributed by atoms with E-state index < -0.39 is 0 Å². The Hall–Kier alpha value is -2.11. The third-order valence-corrected chi connectivity index (χ3v) is 4.51. The van der Waals surface area contributed by atoms with E-state index in [1.807, 2.05) is 24.8 Å². The molecule has 0 radical (unpaired) electrons. The van der Waals surface area contributed by atoms with E-state index in [0.29, 0.717) is 18.8 Å². The standard InChI is InChI=1S/C16H22N4O2/c1-11-14(12(2)22-19-11)5-6-16(21)20-9-3-4-13(10-20)15-7-8-17-18-15/h7-8,13H,3-6,9-10H2,1-2H3,(H,17,18). The van der Waals surface area contributed by atoms with Gasteiger partial charge in [0.2, 0.25) is 5.91 Å². The predicted octanol–water partition coefficient (Wildman–Crippen LogP) is 2.35. The van der Waals surface area contributed by atoms with E-state index in [4.69, 9.17) is 4.52 Å². The lowest BCUT2D eigenvalue weighted by Crippen LogP contribution is -2.39. The van der Waals surface area contributed by atoms with Crippen molar-refractivity contribution in [3.05, 3.63) is 35.0 Å². The molecule has 0 saturated carbocycles. The maximum absolute atomic E-state index is 12.5. The summed E-state index contributed by atoms with van der Waals surface area (Å²) >= 11 is 0. The van der Waals surface area contributed by atoms with E-state index in [1.54, 1.807) is 6.20 Å². The van der Waals surface area contributed by atoms with Gasteiger partial charge in [0.1, 0.15) is 5.76 Å². The quantitative estimate of drug-likeness (QED) is 0.940. The first-order valence-corrected chi connectivity index (χ1v) is 7.84. The third-order valence-electron chi connectivity index (χ3n) is 4.51. The fourth-order valence-electron chi connectivity index (χ4n) is 3.20. The summed E-state index contributed by atoms with van der Waals surface area (Å²) in [7, 11) is 0. The molecular weight excluding hydrogens is 280 g/mol. The second-order valence-corrected chi connectivity index (χ2v) is 5.99. The number of hydrogen-bond donors (Lipinski definition) is 1. The van der Waals surface area contributed by atoms with Gasteiger partial charge in [-0.3, -0.25) is 9.89 Å². The number of nitrogens with one attached hydrogen (secondary N) is 1. The smallest absolute Gasteiger partial charge is 0.222 e. The minimum Gasteiger partial charge on any atom is -0.361 e. The Bertz CT molecular complexity index is 613. The van der Waals surface area contributed by atoms with Crippen molar-refractivity contribution in [3.63, 3.8) is 0 Å². The van der Waals surface area contributed by atoms with E-state index >= 15 is 0 Å². The Balaban J connectivity index is 1.58. The average Bonchev–Trinajstić information content (AvgIpc) is 3.16. The minimum absolute atomic E-state index is 0.212. The molecule has 22 heavy (non-hydrogen) atoms. The largest absolute Gasteiger partial charge is 0.361 e. The van der Waals surface area contributed by atoms with Crippen LogP contribution in [-0.4, -0.2) is 39.3 Å². The molecule has 0 aromatic carbocycles. The maximum atomic E-state index is 12.5. The SMILES string of the molecule is Cc1noc(C)c1CCC(=O)N1CCCC(c2ccn[nH]2)C1. The summed E-state index contributed by atoms with van der Waals surface area (Å²) in [5.41, 5.74) is 3.08. The van der Waals surface area contributed by atoms with Gasteiger partial charge in [0.25, 0.3) is 0 Å². The van der Waals surface area contributed by atoms with Gasteiger partial charge in [-0.15, -0.1) is 0 Å². The normalized spacial score (nSPS) is 18.6. The molecule has 6 heteroatoms. The number of aromatic amines is 1. The van der Waals surface area contributed by atoms with Gasteiger partial charge in [0.05, 0.1) is 5.69 Å². The fraction of sp³-hybridized carbons (Fsp3) is 0.562. The van der Waals surface area contributed by atoms with Gasteiger partial charge in [0, 0.05) is 42.9 Å². The molecule has 0 aliphatic carbocycles. The van der Waals surface area contributed by atoms with Crippen LogP contribution in [0.4, 0.5) is 0 Å². The Morgan fingerprint density at radius 1 is 1.50 bits per heavy atom. The molecule has 2 aromatic heterocycles. The van der Waals surface area contributed by atoms with E-state index in [2.05, 4.69) is 15.4 Å². The Kier molecular flexibility index (Phi) is 4.27. The van der Waals surface area contributed by atoms with Crippen molar-refractivity contribution >= 4 is 5.91 Å². The average molecular weight is 302 g/mol. The molecule has 1 fully saturated rings. The maximum Gasteiger partial charge on any atom is 0.222 e. The summed E-state index contributed by atoms with van der Waals surface area (Å²) in [6.45, 7) is 5.45. The molecule has 1 atom stereocenters. The number of likely N-dealkylation sites (tertiary alicyclic amines) is 1. The van der Waals surface area contributed by atoms with Crippen LogP contribution in [0.15, 0.2) is 16.8 Å². The van der Waals surface area contributed by atoms with Crippen molar-refractivity contribution < 1.29 is 9.32 Å². The lowest BCUT2D eigenvalue weighted by Gasteiger charge is -2.32. The number of hydrogen-bond acceptors (Lipinski definition) is 4. The second kappa shape index (κ2) is 6.34. The summed E-state index contributed by atoms with van der Waals surface area (Å²) in [5, 5.41) is 11.0. The van der Waals surface area contributed by atoms with Gasteiger partial charge in [0.15, 0.2) is 0 Å². The molecule has 3 heterocycles. The Labute approximate surface area is 129 Å². The van der Waals surface area contributed by atoms with E-state index in [9.17, 15) is 4.79 Å². The highest BCUT2D eigenvalue weighted by Crippen LogP contribution is 2.26. The highest BCUT2D eigenvalue weighted by Gasteiger charge is 2.25. The van der Waals surface area contributed by atoms with E-state index in [1.165, 1.54) is 0 Å². The molecular formula is C16H22N4O2. The number of amides is 1. The Morgan fingerprint density at radius 2 is 2.36 bits per heavy atom. The van der Waals surface area contributed by atoms with Crippen LogP contribution in [-0.2, 0) is 11.2 Å². The number of H-pyrrole nitrogens is 1. The van der Waals surface area contributed by atoms with Gasteiger partial charge in [-0.25, -0.2) is 0 Å². The molecule has 1 aliphatic heterocycles. The van der Waals surface area contributed by atoms with Crippen molar-refractivity contribution in [1.29, 1.82) is 0 Å². The number of carbonyl (C=O) groups excluding carboxylic acids is 1. The van der Waals surface area contributed by atoms with Crippen LogP contribution in [0.3, 0.4) is 0 Å². The molecule has 6 nitrogen and oxygen atoms in total. The van der Waals surface area contributed by atoms with Crippen molar-refractivity contribution in [2.75, 3.05) is 13.1 Å². The highest BCUT2D eigenvalue weighted by molar-refractivity contribution is 5.76. The number of rotatable bonds is 4. The molecule has 0 spiro atoms. The summed E-state index contributed by atoms with van der Waals surface area (Å²) in [6, 6.07) is 2.00. The molecule has 1 saturated heterocycles. The lowest BCUT2D eigenvalue weighted by atomic mass is 9.94. The van der Waals surface area contributed by atoms with Gasteiger partial charge in [-0.1, -0.05) is 5.16 Å². The van der Waals surface area contributed by atoms with Crippen LogP contribution >= 0.6 is 0 Å². The first-order valence-electron chi connectivity index (χ1n) is 7.84. The zero-order chi connectivity index (χ0) is 15.5. The lowest BCUT2D eigenvalue weighted by molar-refractivity contribution is -0.132. The number of aromatic nitrogens is 3. The number of piperidine rings is 1. The summed E-state index contributed by atoms with van der Waals surface area (Å²) in [5.74, 6) is 1.41. The molecule has 0 bridgehead atoms.